The van der Waals surface area contributed by atoms with Crippen molar-refractivity contribution in [2.45, 2.75) is 73.1 Å². The Kier molecular flexibility index (Phi) is 44.4. The highest BCUT2D eigenvalue weighted by Crippen LogP contribution is 1.93. The summed E-state index contributed by atoms with van der Waals surface area (Å²) >= 11 is 0. The number of carbonyl (C=O) groups excluding carboxylic acids is 2. The number of hydrogen-bond donors (Lipinski definition) is 4. The summed E-state index contributed by atoms with van der Waals surface area (Å²) in [5, 5.41) is 17.0. The Labute approximate surface area is 168 Å². The first kappa shape index (κ1) is 33.4. The maximum Gasteiger partial charge on any atom is 0.222 e. The van der Waals surface area contributed by atoms with Gasteiger partial charge in [-0.2, -0.15) is 0 Å². The first-order chi connectivity index (χ1) is 13.0. The lowest BCUT2D eigenvalue weighted by molar-refractivity contribution is -0.122. The molecule has 0 spiro atoms. The van der Waals surface area contributed by atoms with Gasteiger partial charge in [-0.25, -0.2) is 0 Å². The summed E-state index contributed by atoms with van der Waals surface area (Å²) in [5.74, 6) is -0.0414. The average Bonchev–Trinajstić information content (AvgIpc) is 2.68. The molecule has 7 nitrogen and oxygen atoms in total. The molecule has 0 radical (unpaired) electrons. The molecule has 0 aromatic heterocycles. The molecule has 27 heavy (non-hydrogen) atoms. The minimum absolute atomic E-state index is 0.00541. The van der Waals surface area contributed by atoms with Crippen LogP contribution in [0.25, 0.3) is 0 Å². The molecule has 0 atom stereocenters. The van der Waals surface area contributed by atoms with Crippen LogP contribution in [0.15, 0.2) is 0 Å². The molecule has 0 aliphatic heterocycles. The van der Waals surface area contributed by atoms with Gasteiger partial charge in [0, 0.05) is 39.6 Å². The highest BCUT2D eigenvalue weighted by Gasteiger charge is 2.01. The average molecular weight is 394 g/mol. The number of amides is 2. The molecule has 4 N–H and O–H groups in total. The van der Waals surface area contributed by atoms with Gasteiger partial charge in [0.1, 0.15) is 0 Å². The third-order valence-corrected chi connectivity index (χ3v) is 2.70. The zero-order chi connectivity index (χ0) is 21.8. The fourth-order valence-corrected chi connectivity index (χ4v) is 1.31. The van der Waals surface area contributed by atoms with Gasteiger partial charge in [0.15, 0.2) is 0 Å². The number of methoxy groups -OCH3 is 1. The Balaban J connectivity index is -0.000000246. The SMILES string of the molecule is CC.CCC.CCNC.COCCC(=O)NCCCNC(=O)CCCCO. The summed E-state index contributed by atoms with van der Waals surface area (Å²) in [5.41, 5.74) is 0. The molecule has 7 heteroatoms. The predicted molar refractivity (Wildman–Crippen MR) is 115 cm³/mol. The second-order valence-electron chi connectivity index (χ2n) is 5.39. The molecule has 0 aliphatic rings. The van der Waals surface area contributed by atoms with Gasteiger partial charge >= 0.3 is 0 Å². The van der Waals surface area contributed by atoms with Crippen LogP contribution in [-0.4, -0.2) is 63.9 Å². The van der Waals surface area contributed by atoms with Crippen molar-refractivity contribution in [2.75, 3.05) is 47.0 Å². The summed E-state index contributed by atoms with van der Waals surface area (Å²) < 4.78 is 4.78. The number of aliphatic hydroxyl groups excluding tert-OH is 1. The van der Waals surface area contributed by atoms with Gasteiger partial charge in [0.05, 0.1) is 6.61 Å². The molecular formula is C20H47N3O4. The number of aliphatic hydroxyl groups is 1. The van der Waals surface area contributed by atoms with Crippen LogP contribution in [0.3, 0.4) is 0 Å². The van der Waals surface area contributed by atoms with Crippen molar-refractivity contribution < 1.29 is 19.4 Å². The second kappa shape index (κ2) is 35.8. The number of rotatable bonds is 12. The Morgan fingerprint density at radius 1 is 0.889 bits per heavy atom. The Hall–Kier alpha value is -1.18. The molecule has 0 unspecified atom stereocenters. The zero-order valence-electron chi connectivity index (χ0n) is 19.0. The van der Waals surface area contributed by atoms with Crippen LogP contribution in [-0.2, 0) is 14.3 Å². The van der Waals surface area contributed by atoms with Gasteiger partial charge in [0.2, 0.25) is 11.8 Å². The van der Waals surface area contributed by atoms with E-state index in [0.29, 0.717) is 51.8 Å². The minimum Gasteiger partial charge on any atom is -0.396 e. The van der Waals surface area contributed by atoms with Gasteiger partial charge in [-0.15, -0.1) is 0 Å². The van der Waals surface area contributed by atoms with Crippen LogP contribution in [0.4, 0.5) is 0 Å². The standard InChI is InChI=1S/C12H24N2O4.C3H9N.C3H8.C2H6/c1-18-10-6-12(17)14-8-4-7-13-11(16)5-2-3-9-15;1-3-4-2;1-3-2;1-2/h15H,2-10H2,1H3,(H,13,16)(H,14,17);4H,3H2,1-2H3;3H2,1-2H3;1-2H3. The first-order valence-corrected chi connectivity index (χ1v) is 10.3. The van der Waals surface area contributed by atoms with Crippen LogP contribution in [0.1, 0.15) is 73.1 Å². The largest absolute Gasteiger partial charge is 0.396 e. The van der Waals surface area contributed by atoms with E-state index in [1.165, 1.54) is 6.42 Å². The molecule has 0 fully saturated rings. The maximum atomic E-state index is 11.3. The highest BCUT2D eigenvalue weighted by molar-refractivity contribution is 5.76. The Morgan fingerprint density at radius 3 is 1.70 bits per heavy atom. The third kappa shape index (κ3) is 45.7. The lowest BCUT2D eigenvalue weighted by Crippen LogP contribution is -2.30. The van der Waals surface area contributed by atoms with Crippen molar-refractivity contribution in [3.63, 3.8) is 0 Å². The van der Waals surface area contributed by atoms with E-state index < -0.39 is 0 Å². The summed E-state index contributed by atoms with van der Waals surface area (Å²) in [7, 11) is 3.49. The van der Waals surface area contributed by atoms with E-state index in [1.54, 1.807) is 7.11 Å². The maximum absolute atomic E-state index is 11.3. The molecule has 2 amide bonds. The van der Waals surface area contributed by atoms with E-state index >= 15 is 0 Å². The van der Waals surface area contributed by atoms with Gasteiger partial charge in [-0.1, -0.05) is 41.0 Å². The first-order valence-electron chi connectivity index (χ1n) is 10.3. The second-order valence-corrected chi connectivity index (χ2v) is 5.39. The van der Waals surface area contributed by atoms with Gasteiger partial charge in [0.25, 0.3) is 0 Å². The Bertz CT molecular complexity index is 276. The van der Waals surface area contributed by atoms with Crippen LogP contribution in [0.5, 0.6) is 0 Å². The van der Waals surface area contributed by atoms with Gasteiger partial charge in [-0.05, 0) is 32.9 Å². The fourth-order valence-electron chi connectivity index (χ4n) is 1.31. The molecule has 0 bridgehead atoms. The molecule has 0 saturated carbocycles. The molecule has 0 aromatic carbocycles. The number of nitrogens with one attached hydrogen (secondary N) is 3. The van der Waals surface area contributed by atoms with Crippen molar-refractivity contribution >= 4 is 11.8 Å². The molecule has 0 heterocycles. The molecule has 0 aliphatic carbocycles. The van der Waals surface area contributed by atoms with Crippen LogP contribution < -0.4 is 16.0 Å². The zero-order valence-corrected chi connectivity index (χ0v) is 19.0. The number of hydrogen-bond acceptors (Lipinski definition) is 5. The quantitative estimate of drug-likeness (QED) is 0.382. The summed E-state index contributed by atoms with van der Waals surface area (Å²) in [6.07, 6.45) is 4.13. The lowest BCUT2D eigenvalue weighted by Gasteiger charge is -2.06. The van der Waals surface area contributed by atoms with E-state index in [9.17, 15) is 9.59 Å². The lowest BCUT2D eigenvalue weighted by atomic mass is 10.2. The predicted octanol–water partition coefficient (Wildman–Crippen LogP) is 2.48. The molecule has 0 rings (SSSR count). The van der Waals surface area contributed by atoms with Crippen molar-refractivity contribution in [1.29, 1.82) is 0 Å². The minimum atomic E-state index is -0.0360. The fraction of sp³-hybridized carbons (Fsp3) is 0.900. The number of ether oxygens (including phenoxy) is 1. The topological polar surface area (TPSA) is 99.7 Å². The Morgan fingerprint density at radius 2 is 1.33 bits per heavy atom. The summed E-state index contributed by atoms with van der Waals surface area (Å²) in [6, 6.07) is 0. The van der Waals surface area contributed by atoms with Crippen LogP contribution in [0, 0.1) is 0 Å². The van der Waals surface area contributed by atoms with Crippen molar-refractivity contribution in [3.05, 3.63) is 0 Å². The number of unbranched alkanes of at least 4 members (excludes halogenated alkanes) is 1. The van der Waals surface area contributed by atoms with E-state index in [2.05, 4.69) is 36.7 Å². The molecule has 0 aromatic rings. The highest BCUT2D eigenvalue weighted by atomic mass is 16.5. The van der Waals surface area contributed by atoms with E-state index in [0.717, 1.165) is 6.54 Å². The van der Waals surface area contributed by atoms with Gasteiger partial charge in [-0.3, -0.25) is 9.59 Å². The van der Waals surface area contributed by atoms with Crippen molar-refractivity contribution in [1.82, 2.24) is 16.0 Å². The van der Waals surface area contributed by atoms with Crippen LogP contribution >= 0.6 is 0 Å². The van der Waals surface area contributed by atoms with Crippen molar-refractivity contribution in [2.24, 2.45) is 0 Å². The van der Waals surface area contributed by atoms with E-state index in [4.69, 9.17) is 9.84 Å². The smallest absolute Gasteiger partial charge is 0.222 e. The molecular weight excluding hydrogens is 346 g/mol. The monoisotopic (exact) mass is 393 g/mol. The van der Waals surface area contributed by atoms with Gasteiger partial charge < -0.3 is 25.8 Å². The molecule has 0 saturated heterocycles. The van der Waals surface area contributed by atoms with Crippen molar-refractivity contribution in [3.8, 4) is 0 Å². The third-order valence-electron chi connectivity index (χ3n) is 2.70. The normalized spacial score (nSPS) is 8.74. The van der Waals surface area contributed by atoms with Crippen LogP contribution in [0.2, 0.25) is 0 Å². The summed E-state index contributed by atoms with van der Waals surface area (Å²) in [4.78, 5) is 22.4. The van der Waals surface area contributed by atoms with E-state index in [1.807, 2.05) is 20.9 Å². The van der Waals surface area contributed by atoms with E-state index in [-0.39, 0.29) is 18.4 Å². The number of carbonyl (C=O) groups is 2. The molecule has 166 valence electrons. The summed E-state index contributed by atoms with van der Waals surface area (Å²) in [6.45, 7) is 13.1.